The number of halogens is 1. The molecule has 1 aromatic carbocycles. The number of nitrogens with one attached hydrogen (secondary N) is 2. The molecule has 0 atom stereocenters. The first-order chi connectivity index (χ1) is 13.7. The molecule has 0 amide bonds. The Morgan fingerprint density at radius 3 is 3.00 bits per heavy atom. The van der Waals surface area contributed by atoms with Crippen LogP contribution in [0.15, 0.2) is 58.1 Å². The fourth-order valence-electron chi connectivity index (χ4n) is 3.78. The minimum absolute atomic E-state index is 0.0535. The van der Waals surface area contributed by atoms with Gasteiger partial charge >= 0.3 is 0 Å². The minimum atomic E-state index is -0.0535. The van der Waals surface area contributed by atoms with Gasteiger partial charge in [-0.05, 0) is 36.2 Å². The molecule has 0 radical (unpaired) electrons. The zero-order valence-electron chi connectivity index (χ0n) is 15.1. The van der Waals surface area contributed by atoms with Crippen LogP contribution in [0, 0.1) is 0 Å². The molecule has 5 rings (SSSR count). The SMILES string of the molecule is O=c1[nH]c(-c2ccccn2)nc2c1CCN(Cc1c[nH]c3cc(Br)ccc13)C2. The van der Waals surface area contributed by atoms with Crippen molar-refractivity contribution in [1.82, 2.24) is 24.8 Å². The smallest absolute Gasteiger partial charge is 0.254 e. The topological polar surface area (TPSA) is 77.7 Å². The summed E-state index contributed by atoms with van der Waals surface area (Å²) in [6, 6.07) is 11.9. The molecule has 0 spiro atoms. The highest BCUT2D eigenvalue weighted by Gasteiger charge is 2.22. The van der Waals surface area contributed by atoms with Crippen molar-refractivity contribution in [3.8, 4) is 11.5 Å². The molecule has 0 fully saturated rings. The number of rotatable bonds is 3. The molecule has 0 saturated carbocycles. The summed E-state index contributed by atoms with van der Waals surface area (Å²) in [6.45, 7) is 2.31. The van der Waals surface area contributed by atoms with E-state index in [9.17, 15) is 4.79 Å². The quantitative estimate of drug-likeness (QED) is 0.514. The molecule has 140 valence electrons. The molecule has 4 heterocycles. The average Bonchev–Trinajstić information content (AvgIpc) is 3.10. The summed E-state index contributed by atoms with van der Waals surface area (Å²) in [6.07, 6.45) is 4.47. The first-order valence-corrected chi connectivity index (χ1v) is 9.98. The average molecular weight is 436 g/mol. The molecular weight excluding hydrogens is 418 g/mol. The van der Waals surface area contributed by atoms with Crippen LogP contribution in [-0.2, 0) is 19.5 Å². The third-order valence-electron chi connectivity index (χ3n) is 5.18. The van der Waals surface area contributed by atoms with Crippen LogP contribution in [0.1, 0.15) is 16.8 Å². The van der Waals surface area contributed by atoms with Crippen molar-refractivity contribution < 1.29 is 0 Å². The summed E-state index contributed by atoms with van der Waals surface area (Å²) >= 11 is 3.51. The fourth-order valence-corrected chi connectivity index (χ4v) is 4.14. The van der Waals surface area contributed by atoms with Crippen LogP contribution in [0.4, 0.5) is 0 Å². The van der Waals surface area contributed by atoms with Crippen molar-refractivity contribution in [2.45, 2.75) is 19.5 Å². The van der Waals surface area contributed by atoms with E-state index >= 15 is 0 Å². The Bertz CT molecular complexity index is 1210. The van der Waals surface area contributed by atoms with Crippen LogP contribution in [-0.4, -0.2) is 31.4 Å². The second-order valence-electron chi connectivity index (χ2n) is 7.02. The van der Waals surface area contributed by atoms with E-state index in [1.54, 1.807) is 6.20 Å². The first-order valence-electron chi connectivity index (χ1n) is 9.19. The monoisotopic (exact) mass is 435 g/mol. The van der Waals surface area contributed by atoms with Crippen LogP contribution in [0.3, 0.4) is 0 Å². The highest BCUT2D eigenvalue weighted by Crippen LogP contribution is 2.25. The van der Waals surface area contributed by atoms with Crippen LogP contribution in [0.25, 0.3) is 22.4 Å². The number of pyridine rings is 1. The molecule has 2 N–H and O–H groups in total. The molecule has 0 saturated heterocycles. The van der Waals surface area contributed by atoms with Crippen LogP contribution in [0.5, 0.6) is 0 Å². The molecule has 1 aliphatic rings. The lowest BCUT2D eigenvalue weighted by Gasteiger charge is -2.27. The number of hydrogen-bond acceptors (Lipinski definition) is 4. The highest BCUT2D eigenvalue weighted by atomic mass is 79.9. The van der Waals surface area contributed by atoms with E-state index in [-0.39, 0.29) is 5.56 Å². The van der Waals surface area contributed by atoms with E-state index in [0.717, 1.165) is 34.3 Å². The summed E-state index contributed by atoms with van der Waals surface area (Å²) in [5, 5.41) is 1.22. The van der Waals surface area contributed by atoms with Gasteiger partial charge in [-0.25, -0.2) is 4.98 Å². The van der Waals surface area contributed by atoms with Gasteiger partial charge < -0.3 is 9.97 Å². The third kappa shape index (κ3) is 3.16. The number of benzene rings is 1. The van der Waals surface area contributed by atoms with Gasteiger partial charge in [0.15, 0.2) is 5.82 Å². The number of hydrogen-bond donors (Lipinski definition) is 2. The minimum Gasteiger partial charge on any atom is -0.361 e. The maximum Gasteiger partial charge on any atom is 0.254 e. The number of fused-ring (bicyclic) bond motifs is 2. The van der Waals surface area contributed by atoms with E-state index in [1.807, 2.05) is 18.2 Å². The molecule has 3 aromatic heterocycles. The predicted molar refractivity (Wildman–Crippen MR) is 112 cm³/mol. The first kappa shape index (κ1) is 17.3. The number of aromatic nitrogens is 4. The van der Waals surface area contributed by atoms with Crippen molar-refractivity contribution in [1.29, 1.82) is 0 Å². The molecule has 28 heavy (non-hydrogen) atoms. The molecule has 1 aliphatic heterocycles. The van der Waals surface area contributed by atoms with Crippen molar-refractivity contribution in [2.75, 3.05) is 6.54 Å². The summed E-state index contributed by atoms with van der Waals surface area (Å²) < 4.78 is 1.06. The van der Waals surface area contributed by atoms with E-state index in [1.165, 1.54) is 10.9 Å². The molecule has 0 aliphatic carbocycles. The van der Waals surface area contributed by atoms with Gasteiger partial charge in [0.05, 0.1) is 5.69 Å². The van der Waals surface area contributed by atoms with Gasteiger partial charge in [0, 0.05) is 53.0 Å². The molecule has 0 bridgehead atoms. The number of aromatic amines is 2. The zero-order valence-corrected chi connectivity index (χ0v) is 16.7. The molecule has 4 aromatic rings. The Hall–Kier alpha value is -2.77. The summed E-state index contributed by atoms with van der Waals surface area (Å²) in [4.78, 5) is 30.1. The lowest BCUT2D eigenvalue weighted by Crippen LogP contribution is -2.35. The van der Waals surface area contributed by atoms with Crippen LogP contribution in [0.2, 0.25) is 0 Å². The standard InChI is InChI=1S/C21H18BrN5O/c22-14-4-5-15-13(10-24-18(15)9-14)11-27-8-6-16-19(12-27)25-20(26-21(16)28)17-3-1-2-7-23-17/h1-5,7,9-10,24H,6,8,11-12H2,(H,25,26,28). The molecule has 7 heteroatoms. The van der Waals surface area contributed by atoms with Gasteiger partial charge in [0.25, 0.3) is 5.56 Å². The highest BCUT2D eigenvalue weighted by molar-refractivity contribution is 9.10. The van der Waals surface area contributed by atoms with Crippen LogP contribution < -0.4 is 5.56 Å². The van der Waals surface area contributed by atoms with Gasteiger partial charge in [0.1, 0.15) is 5.69 Å². The van der Waals surface area contributed by atoms with Gasteiger partial charge in [-0.2, -0.15) is 0 Å². The second-order valence-corrected chi connectivity index (χ2v) is 7.93. The molecule has 0 unspecified atom stereocenters. The summed E-state index contributed by atoms with van der Waals surface area (Å²) in [5.41, 5.74) is 4.63. The van der Waals surface area contributed by atoms with Gasteiger partial charge in [-0.1, -0.05) is 28.1 Å². The zero-order chi connectivity index (χ0) is 19.1. The third-order valence-corrected chi connectivity index (χ3v) is 5.68. The van der Waals surface area contributed by atoms with Gasteiger partial charge in [0.2, 0.25) is 0 Å². The van der Waals surface area contributed by atoms with Crippen LogP contribution >= 0.6 is 15.9 Å². The second kappa shape index (κ2) is 7.00. The maximum absolute atomic E-state index is 12.5. The predicted octanol–water partition coefficient (Wildman–Crippen LogP) is 3.63. The Labute approximate surface area is 169 Å². The fraction of sp³-hybridized carbons (Fsp3) is 0.190. The van der Waals surface area contributed by atoms with Gasteiger partial charge in [-0.15, -0.1) is 0 Å². The van der Waals surface area contributed by atoms with E-state index < -0.39 is 0 Å². The van der Waals surface area contributed by atoms with Crippen molar-refractivity contribution >= 4 is 26.8 Å². The summed E-state index contributed by atoms with van der Waals surface area (Å²) in [7, 11) is 0. The van der Waals surface area contributed by atoms with Gasteiger partial charge in [-0.3, -0.25) is 14.7 Å². The van der Waals surface area contributed by atoms with E-state index in [2.05, 4.69) is 60.2 Å². The summed E-state index contributed by atoms with van der Waals surface area (Å²) in [5.74, 6) is 0.531. The lowest BCUT2D eigenvalue weighted by atomic mass is 10.1. The Kier molecular flexibility index (Phi) is 4.33. The van der Waals surface area contributed by atoms with E-state index in [0.29, 0.717) is 24.5 Å². The molecular formula is C21H18BrN5O. The Morgan fingerprint density at radius 2 is 2.14 bits per heavy atom. The largest absolute Gasteiger partial charge is 0.361 e. The van der Waals surface area contributed by atoms with Crippen molar-refractivity contribution in [3.05, 3.63) is 80.4 Å². The van der Waals surface area contributed by atoms with Crippen molar-refractivity contribution in [2.24, 2.45) is 0 Å². The Morgan fingerprint density at radius 1 is 1.21 bits per heavy atom. The molecule has 6 nitrogen and oxygen atoms in total. The lowest BCUT2D eigenvalue weighted by molar-refractivity contribution is 0.241. The number of nitrogens with zero attached hydrogens (tertiary/aromatic N) is 3. The van der Waals surface area contributed by atoms with E-state index in [4.69, 9.17) is 4.98 Å². The Balaban J connectivity index is 1.44. The maximum atomic E-state index is 12.5. The number of H-pyrrole nitrogens is 2. The normalized spacial score (nSPS) is 14.3. The van der Waals surface area contributed by atoms with Crippen molar-refractivity contribution in [3.63, 3.8) is 0 Å².